The van der Waals surface area contributed by atoms with Crippen molar-refractivity contribution in [1.82, 2.24) is 9.88 Å². The van der Waals surface area contributed by atoms with Gasteiger partial charge in [0, 0.05) is 38.9 Å². The lowest BCUT2D eigenvalue weighted by Crippen LogP contribution is -2.49. The number of β-amino-alcohol motifs (C(OH)–C–C–N with tert-alkyl or cyclic N) is 1. The van der Waals surface area contributed by atoms with Gasteiger partial charge in [-0.25, -0.2) is 4.98 Å². The number of aliphatic hydroxyl groups is 1. The number of anilines is 1. The number of benzene rings is 1. The quantitative estimate of drug-likeness (QED) is 0.617. The molecule has 7 nitrogen and oxygen atoms in total. The van der Waals surface area contributed by atoms with E-state index < -0.39 is 6.10 Å². The molecule has 3 rings (SSSR count). The first kappa shape index (κ1) is 26.3. The van der Waals surface area contributed by atoms with Crippen LogP contribution < -0.4 is 14.4 Å². The number of methoxy groups -OCH3 is 2. The molecule has 0 aliphatic carbocycles. The molecular weight excluding hydrogens is 429 g/mol. The van der Waals surface area contributed by atoms with E-state index in [1.807, 2.05) is 42.6 Å². The van der Waals surface area contributed by atoms with Crippen molar-refractivity contribution in [2.75, 3.05) is 58.5 Å². The van der Waals surface area contributed by atoms with Crippen molar-refractivity contribution in [3.05, 3.63) is 48.2 Å². The van der Waals surface area contributed by atoms with Gasteiger partial charge in [-0.15, -0.1) is 24.8 Å². The van der Waals surface area contributed by atoms with E-state index in [2.05, 4.69) is 14.8 Å². The minimum Gasteiger partial charge on any atom is -0.493 e. The van der Waals surface area contributed by atoms with Crippen molar-refractivity contribution in [2.45, 2.75) is 12.7 Å². The maximum absolute atomic E-state index is 10.3. The molecular formula is C21H31Cl2N3O4. The lowest BCUT2D eigenvalue weighted by Gasteiger charge is -2.36. The second kappa shape index (κ2) is 13.5. The van der Waals surface area contributed by atoms with Crippen LogP contribution in [0.4, 0.5) is 5.82 Å². The average molecular weight is 460 g/mol. The van der Waals surface area contributed by atoms with Crippen LogP contribution in [0, 0.1) is 0 Å². The monoisotopic (exact) mass is 459 g/mol. The molecule has 2 aromatic rings. The number of nitrogens with zero attached hydrogens (tertiary/aromatic N) is 3. The van der Waals surface area contributed by atoms with Crippen LogP contribution in [-0.4, -0.2) is 74.6 Å². The molecule has 1 aliphatic rings. The van der Waals surface area contributed by atoms with Crippen molar-refractivity contribution in [3.8, 4) is 11.5 Å². The van der Waals surface area contributed by atoms with E-state index in [1.54, 1.807) is 14.2 Å². The number of aromatic nitrogens is 1. The van der Waals surface area contributed by atoms with E-state index in [0.717, 1.165) is 37.6 Å². The first-order valence-electron chi connectivity index (χ1n) is 9.54. The molecule has 1 saturated heterocycles. The van der Waals surface area contributed by atoms with Gasteiger partial charge in [0.1, 0.15) is 5.82 Å². The Morgan fingerprint density at radius 2 is 1.73 bits per heavy atom. The van der Waals surface area contributed by atoms with E-state index in [-0.39, 0.29) is 24.8 Å². The molecule has 168 valence electrons. The fourth-order valence-corrected chi connectivity index (χ4v) is 3.33. The molecule has 1 aromatic heterocycles. The molecule has 0 spiro atoms. The van der Waals surface area contributed by atoms with Gasteiger partial charge in [0.25, 0.3) is 0 Å². The van der Waals surface area contributed by atoms with Crippen molar-refractivity contribution < 1.29 is 19.3 Å². The summed E-state index contributed by atoms with van der Waals surface area (Å²) in [5, 5.41) is 10.3. The number of rotatable bonds is 9. The highest BCUT2D eigenvalue weighted by atomic mass is 35.5. The zero-order valence-electron chi connectivity index (χ0n) is 17.4. The van der Waals surface area contributed by atoms with Crippen molar-refractivity contribution >= 4 is 30.6 Å². The Balaban J connectivity index is 0.00000225. The van der Waals surface area contributed by atoms with E-state index >= 15 is 0 Å². The average Bonchev–Trinajstić information content (AvgIpc) is 2.74. The van der Waals surface area contributed by atoms with Crippen LogP contribution in [0.15, 0.2) is 42.6 Å². The van der Waals surface area contributed by atoms with Crippen LogP contribution in [0.1, 0.15) is 5.56 Å². The Morgan fingerprint density at radius 1 is 1.00 bits per heavy atom. The molecule has 1 aromatic carbocycles. The second-order valence-electron chi connectivity index (χ2n) is 6.83. The van der Waals surface area contributed by atoms with Gasteiger partial charge in [-0.05, 0) is 29.8 Å². The lowest BCUT2D eigenvalue weighted by molar-refractivity contribution is 0.00907. The SMILES string of the molecule is COc1ccc(COCC(O)CN2CCN(c3ccccn3)CC2)cc1OC.Cl.Cl. The lowest BCUT2D eigenvalue weighted by atomic mass is 10.2. The van der Waals surface area contributed by atoms with E-state index in [1.165, 1.54) is 0 Å². The Kier molecular flexibility index (Phi) is 11.8. The number of hydrogen-bond acceptors (Lipinski definition) is 7. The fourth-order valence-electron chi connectivity index (χ4n) is 3.33. The molecule has 1 fully saturated rings. The molecule has 0 amide bonds. The van der Waals surface area contributed by atoms with Gasteiger partial charge >= 0.3 is 0 Å². The van der Waals surface area contributed by atoms with Crippen LogP contribution in [0.25, 0.3) is 0 Å². The first-order chi connectivity index (χ1) is 13.7. The molecule has 1 unspecified atom stereocenters. The Hall–Kier alpha value is -1.77. The normalized spacial score (nSPS) is 15.0. The molecule has 1 aliphatic heterocycles. The number of pyridine rings is 1. The highest BCUT2D eigenvalue weighted by molar-refractivity contribution is 5.85. The van der Waals surface area contributed by atoms with Gasteiger partial charge in [0.05, 0.1) is 33.5 Å². The third-order valence-corrected chi connectivity index (χ3v) is 4.84. The first-order valence-corrected chi connectivity index (χ1v) is 9.54. The topological polar surface area (TPSA) is 67.3 Å². The Labute approximate surface area is 190 Å². The maximum Gasteiger partial charge on any atom is 0.161 e. The number of ether oxygens (including phenoxy) is 3. The zero-order chi connectivity index (χ0) is 19.8. The van der Waals surface area contributed by atoms with Crippen molar-refractivity contribution in [2.24, 2.45) is 0 Å². The van der Waals surface area contributed by atoms with Crippen LogP contribution in [-0.2, 0) is 11.3 Å². The summed E-state index contributed by atoms with van der Waals surface area (Å²) in [5.74, 6) is 2.38. The van der Waals surface area contributed by atoms with Crippen LogP contribution >= 0.6 is 24.8 Å². The molecule has 1 N–H and O–H groups in total. The summed E-state index contributed by atoms with van der Waals surface area (Å²) in [7, 11) is 3.22. The summed E-state index contributed by atoms with van der Waals surface area (Å²) in [4.78, 5) is 8.94. The third-order valence-electron chi connectivity index (χ3n) is 4.84. The zero-order valence-corrected chi connectivity index (χ0v) is 19.0. The summed E-state index contributed by atoms with van der Waals surface area (Å²) >= 11 is 0. The van der Waals surface area contributed by atoms with E-state index in [4.69, 9.17) is 14.2 Å². The van der Waals surface area contributed by atoms with E-state index in [0.29, 0.717) is 31.3 Å². The summed E-state index contributed by atoms with van der Waals surface area (Å²) in [5.41, 5.74) is 0.980. The molecule has 1 atom stereocenters. The number of halogens is 2. The highest BCUT2D eigenvalue weighted by Gasteiger charge is 2.20. The Bertz CT molecular complexity index is 731. The molecule has 0 bridgehead atoms. The third kappa shape index (κ3) is 7.49. The van der Waals surface area contributed by atoms with Gasteiger partial charge in [0.2, 0.25) is 0 Å². The van der Waals surface area contributed by atoms with Gasteiger partial charge in [-0.3, -0.25) is 4.90 Å². The standard InChI is InChI=1S/C21H29N3O4.2ClH/c1-26-19-7-6-17(13-20(19)27-2)15-28-16-18(25)14-23-9-11-24(12-10-23)21-5-3-4-8-22-21;;/h3-8,13,18,25H,9-12,14-16H2,1-2H3;2*1H. The van der Waals surface area contributed by atoms with E-state index in [9.17, 15) is 5.11 Å². The second-order valence-corrected chi connectivity index (χ2v) is 6.83. The minimum atomic E-state index is -0.512. The minimum absolute atomic E-state index is 0. The maximum atomic E-state index is 10.3. The number of hydrogen-bond donors (Lipinski definition) is 1. The van der Waals surface area contributed by atoms with Crippen molar-refractivity contribution in [1.29, 1.82) is 0 Å². The molecule has 0 saturated carbocycles. The largest absolute Gasteiger partial charge is 0.493 e. The summed E-state index contributed by atoms with van der Waals surface area (Å²) in [6, 6.07) is 11.7. The predicted octanol–water partition coefficient (Wildman–Crippen LogP) is 2.64. The van der Waals surface area contributed by atoms with Gasteiger partial charge in [-0.2, -0.15) is 0 Å². The molecule has 9 heteroatoms. The molecule has 30 heavy (non-hydrogen) atoms. The highest BCUT2D eigenvalue weighted by Crippen LogP contribution is 2.27. The van der Waals surface area contributed by atoms with Crippen molar-refractivity contribution in [3.63, 3.8) is 0 Å². The predicted molar refractivity (Wildman–Crippen MR) is 123 cm³/mol. The van der Waals surface area contributed by atoms with Gasteiger partial charge in [0.15, 0.2) is 11.5 Å². The van der Waals surface area contributed by atoms with Crippen LogP contribution in [0.5, 0.6) is 11.5 Å². The van der Waals surface area contributed by atoms with Gasteiger partial charge < -0.3 is 24.2 Å². The number of aliphatic hydroxyl groups excluding tert-OH is 1. The Morgan fingerprint density at radius 3 is 2.37 bits per heavy atom. The molecule has 2 heterocycles. The number of piperazine rings is 1. The van der Waals surface area contributed by atoms with Gasteiger partial charge in [-0.1, -0.05) is 12.1 Å². The smallest absolute Gasteiger partial charge is 0.161 e. The fraction of sp³-hybridized carbons (Fsp3) is 0.476. The summed E-state index contributed by atoms with van der Waals surface area (Å²) in [6.45, 7) is 4.97. The summed E-state index contributed by atoms with van der Waals surface area (Å²) < 4.78 is 16.2. The molecule has 0 radical (unpaired) electrons. The van der Waals surface area contributed by atoms with Crippen LogP contribution in [0.2, 0.25) is 0 Å². The summed E-state index contributed by atoms with van der Waals surface area (Å²) in [6.07, 6.45) is 1.31. The van der Waals surface area contributed by atoms with Crippen LogP contribution in [0.3, 0.4) is 0 Å².